The smallest absolute Gasteiger partial charge is 0.335 e. The molecule has 0 aromatic heterocycles. The van der Waals surface area contributed by atoms with Gasteiger partial charge in [0.1, 0.15) is 11.3 Å². The van der Waals surface area contributed by atoms with Crippen molar-refractivity contribution >= 4 is 84.1 Å². The van der Waals surface area contributed by atoms with Gasteiger partial charge in [-0.3, -0.25) is 14.9 Å². The molecule has 1 saturated heterocycles. The van der Waals surface area contributed by atoms with Crippen LogP contribution in [0.2, 0.25) is 0 Å². The number of imide groups is 2. The lowest BCUT2D eigenvalue weighted by molar-refractivity contribution is -0.122. The Bertz CT molecular complexity index is 973. The Labute approximate surface area is 178 Å². The maximum absolute atomic E-state index is 12.8. The van der Waals surface area contributed by atoms with Crippen molar-refractivity contribution in [2.45, 2.75) is 0 Å². The van der Waals surface area contributed by atoms with Gasteiger partial charge in [0.15, 0.2) is 0 Å². The van der Waals surface area contributed by atoms with Crippen molar-refractivity contribution in [3.63, 3.8) is 0 Å². The van der Waals surface area contributed by atoms with Crippen LogP contribution < -0.4 is 10.2 Å². The van der Waals surface area contributed by atoms with Crippen molar-refractivity contribution < 1.29 is 19.5 Å². The molecule has 132 valence electrons. The molecule has 4 amide bonds. The fourth-order valence-corrected chi connectivity index (χ4v) is 4.15. The van der Waals surface area contributed by atoms with Gasteiger partial charge in [0, 0.05) is 14.5 Å². The van der Waals surface area contributed by atoms with Crippen LogP contribution in [0, 0.1) is 3.57 Å². The highest BCUT2D eigenvalue weighted by molar-refractivity contribution is 14.1. The van der Waals surface area contributed by atoms with Crippen molar-refractivity contribution in [2.24, 2.45) is 0 Å². The number of halogens is 3. The first-order chi connectivity index (χ1) is 12.3. The van der Waals surface area contributed by atoms with Gasteiger partial charge < -0.3 is 5.11 Å². The molecule has 2 aromatic carbocycles. The fourth-order valence-electron chi connectivity index (χ4n) is 2.33. The van der Waals surface area contributed by atoms with Gasteiger partial charge in [-0.25, -0.2) is 9.69 Å². The van der Waals surface area contributed by atoms with Gasteiger partial charge in [-0.1, -0.05) is 31.9 Å². The lowest BCUT2D eigenvalue weighted by Crippen LogP contribution is -2.54. The first-order valence-corrected chi connectivity index (χ1v) is 9.79. The van der Waals surface area contributed by atoms with E-state index in [1.54, 1.807) is 36.4 Å². The number of anilines is 1. The van der Waals surface area contributed by atoms with Gasteiger partial charge in [0.2, 0.25) is 0 Å². The summed E-state index contributed by atoms with van der Waals surface area (Å²) in [5, 5.41) is 12.3. The number of nitrogens with zero attached hydrogens (tertiary/aromatic N) is 1. The molecule has 1 heterocycles. The Morgan fingerprint density at radius 1 is 1.04 bits per heavy atom. The molecule has 0 bridgehead atoms. The van der Waals surface area contributed by atoms with Crippen molar-refractivity contribution in [1.82, 2.24) is 5.32 Å². The zero-order valence-corrected chi connectivity index (χ0v) is 18.1. The number of rotatable bonds is 2. The summed E-state index contributed by atoms with van der Waals surface area (Å²) in [6.07, 6.45) is 1.26. The number of phenols is 1. The third-order valence-corrected chi connectivity index (χ3v) is 5.35. The minimum Gasteiger partial charge on any atom is -0.506 e. The zero-order chi connectivity index (χ0) is 19.0. The highest BCUT2D eigenvalue weighted by Crippen LogP contribution is 2.31. The van der Waals surface area contributed by atoms with Gasteiger partial charge in [0.05, 0.1) is 9.26 Å². The Hall–Kier alpha value is -1.72. The van der Waals surface area contributed by atoms with E-state index in [1.807, 2.05) is 22.6 Å². The third kappa shape index (κ3) is 3.69. The molecule has 2 aromatic rings. The molecular formula is C17H9Br2IN2O4. The molecular weight excluding hydrogens is 583 g/mol. The predicted molar refractivity (Wildman–Crippen MR) is 112 cm³/mol. The molecule has 9 heteroatoms. The van der Waals surface area contributed by atoms with Crippen molar-refractivity contribution in [2.75, 3.05) is 4.90 Å². The minimum atomic E-state index is -0.826. The average molecular weight is 592 g/mol. The Morgan fingerprint density at radius 2 is 1.69 bits per heavy atom. The number of benzene rings is 2. The summed E-state index contributed by atoms with van der Waals surface area (Å²) >= 11 is 8.53. The first-order valence-electron chi connectivity index (χ1n) is 7.13. The van der Waals surface area contributed by atoms with Crippen LogP contribution in [0.4, 0.5) is 10.5 Å². The molecule has 0 atom stereocenters. The highest BCUT2D eigenvalue weighted by Gasteiger charge is 2.37. The number of carbonyl (C=O) groups excluding carboxylic acids is 3. The van der Waals surface area contributed by atoms with E-state index in [-0.39, 0.29) is 16.9 Å². The van der Waals surface area contributed by atoms with Crippen LogP contribution >= 0.6 is 54.5 Å². The number of barbiturate groups is 1. The van der Waals surface area contributed by atoms with Crippen LogP contribution in [-0.4, -0.2) is 23.0 Å². The minimum absolute atomic E-state index is 0.0611. The number of carbonyl (C=O) groups is 3. The van der Waals surface area contributed by atoms with Crippen LogP contribution in [0.15, 0.2) is 50.9 Å². The molecule has 0 saturated carbocycles. The van der Waals surface area contributed by atoms with Crippen LogP contribution in [0.3, 0.4) is 0 Å². The van der Waals surface area contributed by atoms with Crippen molar-refractivity contribution in [3.05, 3.63) is 60.1 Å². The molecule has 6 nitrogen and oxygen atoms in total. The fraction of sp³-hybridized carbons (Fsp3) is 0. The van der Waals surface area contributed by atoms with Crippen LogP contribution in [0.1, 0.15) is 5.56 Å². The number of hydrogen-bond donors (Lipinski definition) is 2. The maximum atomic E-state index is 12.8. The van der Waals surface area contributed by atoms with Crippen LogP contribution in [0.25, 0.3) is 6.08 Å². The Kier molecular flexibility index (Phi) is 5.49. The second kappa shape index (κ2) is 7.49. The number of aromatic hydroxyl groups is 1. The molecule has 2 N–H and O–H groups in total. The molecule has 1 aliphatic heterocycles. The summed E-state index contributed by atoms with van der Waals surface area (Å²) in [6, 6.07) is 8.95. The topological polar surface area (TPSA) is 86.7 Å². The average Bonchev–Trinajstić information content (AvgIpc) is 2.57. The lowest BCUT2D eigenvalue weighted by atomic mass is 10.1. The van der Waals surface area contributed by atoms with E-state index in [4.69, 9.17) is 0 Å². The SMILES string of the molecule is O=C1NC(=O)N(c2ccc(Br)cc2)C(=O)/C1=C/c1cc(Br)cc(I)c1O. The van der Waals surface area contributed by atoms with Crippen LogP contribution in [-0.2, 0) is 9.59 Å². The van der Waals surface area contributed by atoms with E-state index in [1.165, 1.54) is 6.08 Å². The summed E-state index contributed by atoms with van der Waals surface area (Å²) in [5.41, 5.74) is 0.353. The number of urea groups is 1. The Balaban J connectivity index is 2.07. The quantitative estimate of drug-likeness (QED) is 0.312. The molecule has 0 spiro atoms. The van der Waals surface area contributed by atoms with Gasteiger partial charge in [-0.15, -0.1) is 0 Å². The highest BCUT2D eigenvalue weighted by atomic mass is 127. The Morgan fingerprint density at radius 3 is 2.35 bits per heavy atom. The van der Waals surface area contributed by atoms with Gasteiger partial charge in [-0.2, -0.15) is 0 Å². The molecule has 26 heavy (non-hydrogen) atoms. The number of hydrogen-bond acceptors (Lipinski definition) is 4. The molecule has 0 unspecified atom stereocenters. The molecule has 0 aliphatic carbocycles. The summed E-state index contributed by atoms with van der Waals surface area (Å²) in [7, 11) is 0. The molecule has 1 aliphatic rings. The predicted octanol–water partition coefficient (Wildman–Crippen LogP) is 4.19. The van der Waals surface area contributed by atoms with E-state index >= 15 is 0 Å². The monoisotopic (exact) mass is 590 g/mol. The van der Waals surface area contributed by atoms with E-state index < -0.39 is 17.8 Å². The summed E-state index contributed by atoms with van der Waals surface area (Å²) in [6.45, 7) is 0. The second-order valence-electron chi connectivity index (χ2n) is 5.26. The summed E-state index contributed by atoms with van der Waals surface area (Å²) in [4.78, 5) is 38.0. The zero-order valence-electron chi connectivity index (χ0n) is 12.8. The molecule has 1 fully saturated rings. The van der Waals surface area contributed by atoms with Gasteiger partial charge in [-0.05, 0) is 65.1 Å². The summed E-state index contributed by atoms with van der Waals surface area (Å²) in [5.74, 6) is -1.65. The van der Waals surface area contributed by atoms with Gasteiger partial charge in [0.25, 0.3) is 11.8 Å². The van der Waals surface area contributed by atoms with Crippen molar-refractivity contribution in [1.29, 1.82) is 0 Å². The maximum Gasteiger partial charge on any atom is 0.335 e. The summed E-state index contributed by atoms with van der Waals surface area (Å²) < 4.78 is 2.01. The molecule has 0 radical (unpaired) electrons. The first kappa shape index (κ1) is 19.1. The van der Waals surface area contributed by atoms with Crippen molar-refractivity contribution in [3.8, 4) is 5.75 Å². The largest absolute Gasteiger partial charge is 0.506 e. The number of phenolic OH excluding ortho intramolecular Hbond substituents is 1. The van der Waals surface area contributed by atoms with E-state index in [0.717, 1.165) is 9.37 Å². The lowest BCUT2D eigenvalue weighted by Gasteiger charge is -2.26. The second-order valence-corrected chi connectivity index (χ2v) is 8.25. The van der Waals surface area contributed by atoms with E-state index in [2.05, 4.69) is 37.2 Å². The van der Waals surface area contributed by atoms with E-state index in [0.29, 0.717) is 13.7 Å². The van der Waals surface area contributed by atoms with Crippen LogP contribution in [0.5, 0.6) is 5.75 Å². The number of amides is 4. The standard InChI is InChI=1S/C17H9Br2IN2O4/c18-9-1-3-11(4-2-9)22-16(25)12(15(24)21-17(22)26)6-8-5-10(19)7-13(20)14(8)23/h1-7,23H,(H,21,24,26)/b12-6+. The third-order valence-electron chi connectivity index (χ3n) is 3.54. The number of nitrogens with one attached hydrogen (secondary N) is 1. The van der Waals surface area contributed by atoms with Gasteiger partial charge >= 0.3 is 6.03 Å². The normalized spacial score (nSPS) is 16.2. The molecule has 3 rings (SSSR count). The van der Waals surface area contributed by atoms with E-state index in [9.17, 15) is 19.5 Å².